The number of rotatable bonds is 1. The Kier molecular flexibility index (Phi) is 1.67. The van der Waals surface area contributed by atoms with Crippen LogP contribution in [0.1, 0.15) is 10.6 Å². The standard InChI is InChI=1S/C4H3N5O/c5-9-8-4(10)3-6-1-2-7-3/h1-2H,(H,6,7). The minimum atomic E-state index is -0.701. The van der Waals surface area contributed by atoms with Crippen LogP contribution >= 0.6 is 0 Å². The van der Waals surface area contributed by atoms with Gasteiger partial charge in [0.2, 0.25) is 0 Å². The van der Waals surface area contributed by atoms with Crippen molar-refractivity contribution in [3.05, 3.63) is 28.7 Å². The number of H-pyrrole nitrogens is 1. The lowest BCUT2D eigenvalue weighted by atomic mass is 10.6. The smallest absolute Gasteiger partial charge is 0.284 e. The Morgan fingerprint density at radius 2 is 2.70 bits per heavy atom. The molecule has 1 rings (SSSR count). The van der Waals surface area contributed by atoms with Crippen molar-refractivity contribution in [2.24, 2.45) is 5.11 Å². The molecular weight excluding hydrogens is 134 g/mol. The first kappa shape index (κ1) is 6.31. The number of imidazole rings is 1. The van der Waals surface area contributed by atoms with Gasteiger partial charge in [-0.1, -0.05) is 0 Å². The van der Waals surface area contributed by atoms with Crippen molar-refractivity contribution in [1.29, 1.82) is 0 Å². The number of aromatic nitrogens is 2. The van der Waals surface area contributed by atoms with E-state index in [1.165, 1.54) is 12.4 Å². The Labute approximate surface area is 55.5 Å². The third-order valence-corrected chi connectivity index (χ3v) is 0.836. The summed E-state index contributed by atoms with van der Waals surface area (Å²) in [4.78, 5) is 19.0. The van der Waals surface area contributed by atoms with Crippen LogP contribution in [0, 0.1) is 0 Å². The van der Waals surface area contributed by atoms with Crippen LogP contribution in [-0.4, -0.2) is 15.9 Å². The number of nitrogens with zero attached hydrogens (tertiary/aromatic N) is 4. The van der Waals surface area contributed by atoms with E-state index in [-0.39, 0.29) is 5.82 Å². The summed E-state index contributed by atoms with van der Waals surface area (Å²) in [5, 5.41) is 2.81. The highest BCUT2D eigenvalue weighted by Gasteiger charge is 2.02. The van der Waals surface area contributed by atoms with Crippen LogP contribution in [0.3, 0.4) is 0 Å². The molecule has 1 N–H and O–H groups in total. The molecule has 1 amide bonds. The maximum absolute atomic E-state index is 10.6. The first-order valence-electron chi connectivity index (χ1n) is 2.43. The molecule has 0 atom stereocenters. The van der Waals surface area contributed by atoms with E-state index in [2.05, 4.69) is 20.0 Å². The third kappa shape index (κ3) is 1.12. The van der Waals surface area contributed by atoms with Gasteiger partial charge in [-0.3, -0.25) is 4.79 Å². The van der Waals surface area contributed by atoms with Gasteiger partial charge in [-0.05, 0) is 10.6 Å². The van der Waals surface area contributed by atoms with Crippen molar-refractivity contribution in [2.75, 3.05) is 0 Å². The van der Waals surface area contributed by atoms with Gasteiger partial charge in [-0.2, -0.15) is 0 Å². The Balaban J connectivity index is 2.87. The number of azide groups is 1. The first-order chi connectivity index (χ1) is 4.84. The molecule has 0 aliphatic heterocycles. The first-order valence-corrected chi connectivity index (χ1v) is 2.43. The number of carbonyl (C=O) groups is 1. The van der Waals surface area contributed by atoms with E-state index in [4.69, 9.17) is 5.53 Å². The minimum Gasteiger partial charge on any atom is -0.342 e. The molecule has 0 saturated carbocycles. The van der Waals surface area contributed by atoms with Crippen molar-refractivity contribution in [1.82, 2.24) is 9.97 Å². The lowest BCUT2D eigenvalue weighted by molar-refractivity contribution is 0.0991. The van der Waals surface area contributed by atoms with Crippen molar-refractivity contribution in [2.45, 2.75) is 0 Å². The molecule has 0 bridgehead atoms. The van der Waals surface area contributed by atoms with Crippen molar-refractivity contribution in [3.63, 3.8) is 0 Å². The van der Waals surface area contributed by atoms with Crippen LogP contribution in [0.5, 0.6) is 0 Å². The summed E-state index contributed by atoms with van der Waals surface area (Å²) in [5.41, 5.74) is 7.83. The van der Waals surface area contributed by atoms with E-state index in [9.17, 15) is 4.79 Å². The Morgan fingerprint density at radius 1 is 1.90 bits per heavy atom. The summed E-state index contributed by atoms with van der Waals surface area (Å²) in [6, 6.07) is 0. The lowest BCUT2D eigenvalue weighted by Crippen LogP contribution is -1.94. The second kappa shape index (κ2) is 2.65. The van der Waals surface area contributed by atoms with Crippen LogP contribution in [0.15, 0.2) is 17.5 Å². The molecule has 1 aromatic rings. The van der Waals surface area contributed by atoms with Gasteiger partial charge in [0.25, 0.3) is 5.91 Å². The fourth-order valence-corrected chi connectivity index (χ4v) is 0.470. The van der Waals surface area contributed by atoms with Crippen LogP contribution in [-0.2, 0) is 0 Å². The fraction of sp³-hybridized carbons (Fsp3) is 0. The van der Waals surface area contributed by atoms with Gasteiger partial charge >= 0.3 is 0 Å². The molecule has 6 nitrogen and oxygen atoms in total. The summed E-state index contributed by atoms with van der Waals surface area (Å²) >= 11 is 0. The fourth-order valence-electron chi connectivity index (χ4n) is 0.470. The molecule has 0 unspecified atom stereocenters. The maximum atomic E-state index is 10.6. The van der Waals surface area contributed by atoms with Crippen LogP contribution in [0.2, 0.25) is 0 Å². The topological polar surface area (TPSA) is 94.5 Å². The number of amides is 1. The van der Waals surface area contributed by atoms with Crippen molar-refractivity contribution < 1.29 is 4.79 Å². The minimum absolute atomic E-state index is 0.0535. The van der Waals surface area contributed by atoms with Gasteiger partial charge in [-0.15, -0.1) is 0 Å². The van der Waals surface area contributed by atoms with E-state index < -0.39 is 5.91 Å². The highest BCUT2D eigenvalue weighted by Crippen LogP contribution is 1.90. The molecule has 0 fully saturated rings. The second-order valence-electron chi connectivity index (χ2n) is 1.43. The van der Waals surface area contributed by atoms with Gasteiger partial charge in [-0.25, -0.2) is 4.98 Å². The predicted octanol–water partition coefficient (Wildman–Crippen LogP) is 0.860. The van der Waals surface area contributed by atoms with Crippen LogP contribution < -0.4 is 0 Å². The van der Waals surface area contributed by atoms with Crippen LogP contribution in [0.4, 0.5) is 0 Å². The summed E-state index contributed by atoms with van der Waals surface area (Å²) in [5.74, 6) is -0.648. The molecule has 1 heterocycles. The summed E-state index contributed by atoms with van der Waals surface area (Å²) in [6.07, 6.45) is 2.88. The third-order valence-electron chi connectivity index (χ3n) is 0.836. The Hall–Kier alpha value is -1.81. The molecule has 0 aliphatic carbocycles. The SMILES string of the molecule is [N-]=[N+]=NC(=O)c1ncc[nH]1. The lowest BCUT2D eigenvalue weighted by Gasteiger charge is -1.80. The maximum Gasteiger partial charge on any atom is 0.284 e. The van der Waals surface area contributed by atoms with E-state index >= 15 is 0 Å². The van der Waals surface area contributed by atoms with Crippen LogP contribution in [0.25, 0.3) is 10.4 Å². The molecule has 0 spiro atoms. The summed E-state index contributed by atoms with van der Waals surface area (Å²) in [6.45, 7) is 0. The summed E-state index contributed by atoms with van der Waals surface area (Å²) in [7, 11) is 0. The number of nitrogens with one attached hydrogen (secondary N) is 1. The molecule has 1 aromatic heterocycles. The van der Waals surface area contributed by atoms with Gasteiger partial charge in [0.05, 0.1) is 0 Å². The van der Waals surface area contributed by atoms with Gasteiger partial charge < -0.3 is 4.98 Å². The molecular formula is C4H3N5O. The van der Waals surface area contributed by atoms with Gasteiger partial charge in [0.1, 0.15) is 0 Å². The molecule has 50 valence electrons. The largest absolute Gasteiger partial charge is 0.342 e. The van der Waals surface area contributed by atoms with E-state index in [1.54, 1.807) is 0 Å². The molecule has 0 saturated heterocycles. The number of hydrogen-bond donors (Lipinski definition) is 1. The van der Waals surface area contributed by atoms with E-state index in [0.717, 1.165) is 0 Å². The molecule has 0 aromatic carbocycles. The Morgan fingerprint density at radius 3 is 3.20 bits per heavy atom. The molecule has 0 radical (unpaired) electrons. The monoisotopic (exact) mass is 137 g/mol. The Bertz CT molecular complexity index is 270. The molecule has 10 heavy (non-hydrogen) atoms. The number of aromatic amines is 1. The average Bonchev–Trinajstić information content (AvgIpc) is 2.38. The highest BCUT2D eigenvalue weighted by molar-refractivity contribution is 5.90. The summed E-state index contributed by atoms with van der Waals surface area (Å²) < 4.78 is 0. The van der Waals surface area contributed by atoms with Gasteiger partial charge in [0.15, 0.2) is 5.82 Å². The normalized spacial score (nSPS) is 8.40. The zero-order valence-electron chi connectivity index (χ0n) is 4.85. The zero-order valence-corrected chi connectivity index (χ0v) is 4.85. The quantitative estimate of drug-likeness (QED) is 0.353. The average molecular weight is 137 g/mol. The highest BCUT2D eigenvalue weighted by atomic mass is 16.2. The zero-order chi connectivity index (χ0) is 7.40. The molecule has 6 heteroatoms. The van der Waals surface area contributed by atoms with Crippen molar-refractivity contribution >= 4 is 5.91 Å². The van der Waals surface area contributed by atoms with Gasteiger partial charge in [0, 0.05) is 17.3 Å². The van der Waals surface area contributed by atoms with E-state index in [0.29, 0.717) is 0 Å². The van der Waals surface area contributed by atoms with Crippen molar-refractivity contribution in [3.8, 4) is 0 Å². The van der Waals surface area contributed by atoms with E-state index in [1.807, 2.05) is 0 Å². The number of carbonyl (C=O) groups excluding carboxylic acids is 1. The number of hydrogen-bond acceptors (Lipinski definition) is 2. The predicted molar refractivity (Wildman–Crippen MR) is 32.1 cm³/mol. The molecule has 0 aliphatic rings. The second-order valence-corrected chi connectivity index (χ2v) is 1.43.